The number of benzene rings is 2. The highest BCUT2D eigenvalue weighted by Gasteiger charge is 2.43. The average Bonchev–Trinajstić information content (AvgIpc) is 3.40. The van der Waals surface area contributed by atoms with Crippen LogP contribution in [0, 0.1) is 0 Å². The van der Waals surface area contributed by atoms with Gasteiger partial charge in [0.15, 0.2) is 11.5 Å². The largest absolute Gasteiger partial charge is 0.451 e. The number of ketones is 1. The van der Waals surface area contributed by atoms with Crippen LogP contribution in [0.3, 0.4) is 0 Å². The number of Topliss-reactive ketones (excluding diaryl/α,β-unsaturated/α-hetero) is 1. The molecule has 1 unspecified atom stereocenters. The maximum absolute atomic E-state index is 13.7. The molecule has 1 saturated heterocycles. The van der Waals surface area contributed by atoms with Crippen molar-refractivity contribution in [3.8, 4) is 0 Å². The van der Waals surface area contributed by atoms with Gasteiger partial charge >= 0.3 is 0 Å². The third-order valence-corrected chi connectivity index (χ3v) is 7.67. The van der Waals surface area contributed by atoms with E-state index in [9.17, 15) is 19.2 Å². The predicted molar refractivity (Wildman–Crippen MR) is 150 cm³/mol. The fraction of sp³-hybridized carbons (Fsp3) is 0.400. The summed E-state index contributed by atoms with van der Waals surface area (Å²) in [4.78, 5) is 54.1. The fourth-order valence-corrected chi connectivity index (χ4v) is 5.59. The molecule has 3 amide bonds. The van der Waals surface area contributed by atoms with Gasteiger partial charge in [0.25, 0.3) is 5.91 Å². The Morgan fingerprint density at radius 3 is 2.55 bits per heavy atom. The number of anilines is 2. The Bertz CT molecular complexity index is 1380. The van der Waals surface area contributed by atoms with E-state index in [2.05, 4.69) is 16.0 Å². The Labute approximate surface area is 232 Å². The van der Waals surface area contributed by atoms with Gasteiger partial charge in [-0.25, -0.2) is 0 Å². The zero-order valence-corrected chi connectivity index (χ0v) is 22.5. The van der Waals surface area contributed by atoms with Crippen molar-refractivity contribution < 1.29 is 28.3 Å². The van der Waals surface area contributed by atoms with Crippen LogP contribution in [0.5, 0.6) is 0 Å². The lowest BCUT2D eigenvalue weighted by atomic mass is 9.80. The molecule has 2 heterocycles. The van der Waals surface area contributed by atoms with Gasteiger partial charge in [-0.3, -0.25) is 19.2 Å². The summed E-state index contributed by atoms with van der Waals surface area (Å²) in [6.07, 6.45) is 3.96. The summed E-state index contributed by atoms with van der Waals surface area (Å²) in [5.41, 5.74) is 0.817. The Hall–Kier alpha value is -4.18. The monoisotopic (exact) mass is 546 g/mol. The zero-order valence-electron chi connectivity index (χ0n) is 22.5. The van der Waals surface area contributed by atoms with Crippen LogP contribution in [0.1, 0.15) is 49.1 Å². The van der Waals surface area contributed by atoms with Crippen molar-refractivity contribution in [3.05, 3.63) is 60.4 Å². The standard InChI is InChI=1S/C30H34N4O6/c1-39-19-27(36)31-21-10-4-5-11-23(21)34-16-13-22(24(35)18-34)32-29(38)30(14-7-2-8-15-30)33-28(37)26-17-20-9-3-6-12-25(20)40-26/h3-6,9-12,17,22H,2,7-8,13-16,18-19H2,1H3,(H,31,36)(H,32,38)(H,33,37). The Balaban J connectivity index is 1.26. The highest BCUT2D eigenvalue weighted by atomic mass is 16.5. The molecule has 1 aliphatic carbocycles. The molecule has 5 rings (SSSR count). The van der Waals surface area contributed by atoms with Gasteiger partial charge in [0, 0.05) is 19.0 Å². The van der Waals surface area contributed by atoms with E-state index in [1.54, 1.807) is 18.2 Å². The first-order valence-corrected chi connectivity index (χ1v) is 13.7. The van der Waals surface area contributed by atoms with Crippen LogP contribution in [-0.2, 0) is 19.1 Å². The van der Waals surface area contributed by atoms with Gasteiger partial charge in [-0.05, 0) is 43.5 Å². The number of nitrogens with zero attached hydrogens (tertiary/aromatic N) is 1. The van der Waals surface area contributed by atoms with E-state index in [0.29, 0.717) is 37.1 Å². The molecule has 1 saturated carbocycles. The van der Waals surface area contributed by atoms with E-state index in [-0.39, 0.29) is 36.5 Å². The van der Waals surface area contributed by atoms with Crippen molar-refractivity contribution in [2.45, 2.75) is 50.1 Å². The summed E-state index contributed by atoms with van der Waals surface area (Å²) in [7, 11) is 1.45. The molecule has 1 aliphatic heterocycles. The molecular weight excluding hydrogens is 512 g/mol. The number of fused-ring (bicyclic) bond motifs is 1. The van der Waals surface area contributed by atoms with Crippen LogP contribution < -0.4 is 20.9 Å². The molecule has 210 valence electrons. The number of hydrogen-bond acceptors (Lipinski definition) is 7. The van der Waals surface area contributed by atoms with Gasteiger partial charge in [0.2, 0.25) is 11.8 Å². The third kappa shape index (κ3) is 5.86. The predicted octanol–water partition coefficient (Wildman–Crippen LogP) is 3.41. The summed E-state index contributed by atoms with van der Waals surface area (Å²) >= 11 is 0. The van der Waals surface area contributed by atoms with Gasteiger partial charge < -0.3 is 30.0 Å². The quantitative estimate of drug-likeness (QED) is 0.395. The van der Waals surface area contributed by atoms with Gasteiger partial charge in [-0.1, -0.05) is 49.6 Å². The van der Waals surface area contributed by atoms with Crippen molar-refractivity contribution in [3.63, 3.8) is 0 Å². The van der Waals surface area contributed by atoms with Crippen molar-refractivity contribution >= 4 is 45.8 Å². The lowest BCUT2D eigenvalue weighted by Gasteiger charge is -2.39. The number of ether oxygens (including phenoxy) is 1. The number of hydrogen-bond donors (Lipinski definition) is 3. The van der Waals surface area contributed by atoms with Gasteiger partial charge in [0.05, 0.1) is 24.0 Å². The number of piperidine rings is 1. The van der Waals surface area contributed by atoms with Crippen molar-refractivity contribution in [1.82, 2.24) is 10.6 Å². The van der Waals surface area contributed by atoms with E-state index < -0.39 is 17.5 Å². The lowest BCUT2D eigenvalue weighted by Crippen LogP contribution is -2.63. The number of furan rings is 1. The topological polar surface area (TPSA) is 130 Å². The Morgan fingerprint density at radius 2 is 1.80 bits per heavy atom. The van der Waals surface area contributed by atoms with E-state index in [4.69, 9.17) is 9.15 Å². The molecule has 10 heteroatoms. The molecule has 0 radical (unpaired) electrons. The van der Waals surface area contributed by atoms with Crippen LogP contribution in [0.15, 0.2) is 59.0 Å². The second-order valence-corrected chi connectivity index (χ2v) is 10.4. The minimum Gasteiger partial charge on any atom is -0.451 e. The number of carbonyl (C=O) groups excluding carboxylic acids is 4. The first-order valence-electron chi connectivity index (χ1n) is 13.7. The molecule has 0 bridgehead atoms. The molecule has 2 aromatic carbocycles. The number of amides is 3. The summed E-state index contributed by atoms with van der Waals surface area (Å²) in [5, 5.41) is 9.55. The van der Waals surface area contributed by atoms with Crippen LogP contribution in [-0.4, -0.2) is 61.9 Å². The number of methoxy groups -OCH3 is 1. The number of carbonyl (C=O) groups is 4. The Kier molecular flexibility index (Phi) is 8.16. The first-order chi connectivity index (χ1) is 19.4. The normalized spacial score (nSPS) is 18.8. The first kappa shape index (κ1) is 27.4. The number of para-hydroxylation sites is 3. The third-order valence-electron chi connectivity index (χ3n) is 7.67. The zero-order chi connectivity index (χ0) is 28.1. The second-order valence-electron chi connectivity index (χ2n) is 10.4. The fourth-order valence-electron chi connectivity index (χ4n) is 5.59. The van der Waals surface area contributed by atoms with Crippen LogP contribution in [0.25, 0.3) is 11.0 Å². The summed E-state index contributed by atoms with van der Waals surface area (Å²) < 4.78 is 10.6. The van der Waals surface area contributed by atoms with Gasteiger partial charge in [-0.15, -0.1) is 0 Å². The summed E-state index contributed by atoms with van der Waals surface area (Å²) in [6.45, 7) is 0.517. The highest BCUT2D eigenvalue weighted by molar-refractivity contribution is 6.02. The van der Waals surface area contributed by atoms with Crippen molar-refractivity contribution in [2.75, 3.05) is 37.0 Å². The summed E-state index contributed by atoms with van der Waals surface area (Å²) in [6, 6.07) is 15.6. The number of rotatable bonds is 8. The van der Waals surface area contributed by atoms with Crippen LogP contribution in [0.2, 0.25) is 0 Å². The minimum atomic E-state index is -1.11. The summed E-state index contributed by atoms with van der Waals surface area (Å²) in [5.74, 6) is -1.05. The highest BCUT2D eigenvalue weighted by Crippen LogP contribution is 2.31. The van der Waals surface area contributed by atoms with Crippen molar-refractivity contribution in [1.29, 1.82) is 0 Å². The lowest BCUT2D eigenvalue weighted by molar-refractivity contribution is -0.133. The van der Waals surface area contributed by atoms with E-state index >= 15 is 0 Å². The molecule has 3 N–H and O–H groups in total. The van der Waals surface area contributed by atoms with E-state index in [0.717, 1.165) is 30.3 Å². The molecule has 2 fully saturated rings. The molecule has 0 spiro atoms. The Morgan fingerprint density at radius 1 is 1.05 bits per heavy atom. The molecule has 1 aromatic heterocycles. The molecule has 40 heavy (non-hydrogen) atoms. The van der Waals surface area contributed by atoms with Gasteiger partial charge in [0.1, 0.15) is 17.7 Å². The van der Waals surface area contributed by atoms with E-state index in [1.165, 1.54) is 7.11 Å². The molecule has 2 aliphatic rings. The molecule has 10 nitrogen and oxygen atoms in total. The molecule has 1 atom stereocenters. The average molecular weight is 547 g/mol. The van der Waals surface area contributed by atoms with Gasteiger partial charge in [-0.2, -0.15) is 0 Å². The van der Waals surface area contributed by atoms with Crippen LogP contribution in [0.4, 0.5) is 11.4 Å². The minimum absolute atomic E-state index is 0.0734. The second kappa shape index (κ2) is 11.9. The number of nitrogens with one attached hydrogen (secondary N) is 3. The maximum atomic E-state index is 13.7. The van der Waals surface area contributed by atoms with E-state index in [1.807, 2.05) is 41.3 Å². The molecular formula is C30H34N4O6. The van der Waals surface area contributed by atoms with Crippen LogP contribution >= 0.6 is 0 Å². The maximum Gasteiger partial charge on any atom is 0.287 e. The smallest absolute Gasteiger partial charge is 0.287 e. The molecule has 3 aromatic rings. The van der Waals surface area contributed by atoms with Crippen molar-refractivity contribution in [2.24, 2.45) is 0 Å². The SMILES string of the molecule is COCC(=O)Nc1ccccc1N1CCC(NC(=O)C2(NC(=O)c3cc4ccccc4o3)CCCCC2)C(=O)C1.